The molecule has 6 heteroatoms. The molecular weight excluding hydrogens is 273 g/mol. The van der Waals surface area contributed by atoms with Crippen LogP contribution in [0.25, 0.3) is 5.69 Å². The lowest BCUT2D eigenvalue weighted by molar-refractivity contribution is 0.275. The molecule has 4 nitrogen and oxygen atoms in total. The topological polar surface area (TPSA) is 50.9 Å². The predicted octanol–water partition coefficient (Wildman–Crippen LogP) is 2.94. The quantitative estimate of drug-likeness (QED) is 0.942. The summed E-state index contributed by atoms with van der Waals surface area (Å²) in [5.41, 5.74) is 2.38. The lowest BCUT2D eigenvalue weighted by atomic mass is 10.2. The van der Waals surface area contributed by atoms with Crippen LogP contribution >= 0.6 is 23.2 Å². The van der Waals surface area contributed by atoms with Gasteiger partial charge in [0.2, 0.25) is 0 Å². The third kappa shape index (κ3) is 2.11. The summed E-state index contributed by atoms with van der Waals surface area (Å²) in [5.74, 6) is 0.430. The molecule has 3 rings (SSSR count). The Bertz CT molecular complexity index is 573. The Hall–Kier alpha value is -1.10. The predicted molar refractivity (Wildman–Crippen MR) is 69.3 cm³/mol. The van der Waals surface area contributed by atoms with Crippen LogP contribution in [-0.4, -0.2) is 20.1 Å². The fourth-order valence-corrected chi connectivity index (χ4v) is 2.57. The van der Waals surface area contributed by atoms with E-state index in [1.807, 2.05) is 0 Å². The molecule has 94 valence electrons. The molecule has 1 aromatic carbocycles. The highest BCUT2D eigenvalue weighted by Crippen LogP contribution is 2.42. The van der Waals surface area contributed by atoms with Gasteiger partial charge in [-0.05, 0) is 31.0 Å². The number of hydrogen-bond acceptors (Lipinski definition) is 3. The van der Waals surface area contributed by atoms with E-state index in [0.29, 0.717) is 21.7 Å². The second kappa shape index (κ2) is 4.53. The van der Waals surface area contributed by atoms with Crippen molar-refractivity contribution in [2.45, 2.75) is 25.4 Å². The number of aliphatic hydroxyl groups excluding tert-OH is 1. The van der Waals surface area contributed by atoms with E-state index in [2.05, 4.69) is 10.3 Å². The first-order valence-electron chi connectivity index (χ1n) is 5.71. The second-order valence-electron chi connectivity index (χ2n) is 4.39. The zero-order valence-electron chi connectivity index (χ0n) is 9.48. The van der Waals surface area contributed by atoms with Crippen molar-refractivity contribution in [3.8, 4) is 5.69 Å². The van der Waals surface area contributed by atoms with E-state index in [4.69, 9.17) is 23.2 Å². The second-order valence-corrected chi connectivity index (χ2v) is 5.27. The van der Waals surface area contributed by atoms with E-state index in [1.54, 1.807) is 22.9 Å². The minimum absolute atomic E-state index is 0.0971. The average Bonchev–Trinajstić information content (AvgIpc) is 3.07. The van der Waals surface area contributed by atoms with E-state index >= 15 is 0 Å². The van der Waals surface area contributed by atoms with Crippen molar-refractivity contribution >= 4 is 23.2 Å². The highest BCUT2D eigenvalue weighted by Gasteiger charge is 2.31. The van der Waals surface area contributed by atoms with Gasteiger partial charge in [-0.1, -0.05) is 28.4 Å². The molecule has 2 aromatic rings. The van der Waals surface area contributed by atoms with Gasteiger partial charge >= 0.3 is 0 Å². The van der Waals surface area contributed by atoms with Crippen molar-refractivity contribution in [2.24, 2.45) is 0 Å². The first-order chi connectivity index (χ1) is 8.69. The summed E-state index contributed by atoms with van der Waals surface area (Å²) < 4.78 is 1.72. The molecule has 1 heterocycles. The summed E-state index contributed by atoms with van der Waals surface area (Å²) in [6.07, 6.45) is 2.21. The Kier molecular flexibility index (Phi) is 3.01. The molecular formula is C12H11Cl2N3O. The zero-order valence-corrected chi connectivity index (χ0v) is 11.0. The number of rotatable bonds is 3. The summed E-state index contributed by atoms with van der Waals surface area (Å²) in [5, 5.41) is 18.5. The minimum atomic E-state index is -0.0971. The van der Waals surface area contributed by atoms with E-state index < -0.39 is 0 Å². The van der Waals surface area contributed by atoms with E-state index in [0.717, 1.165) is 24.2 Å². The number of aliphatic hydroxyl groups is 1. The summed E-state index contributed by atoms with van der Waals surface area (Å²) in [7, 11) is 0. The van der Waals surface area contributed by atoms with Crippen molar-refractivity contribution < 1.29 is 5.11 Å². The van der Waals surface area contributed by atoms with Gasteiger partial charge in [0.25, 0.3) is 0 Å². The Morgan fingerprint density at radius 3 is 2.44 bits per heavy atom. The fraction of sp³-hybridized carbons (Fsp3) is 0.333. The molecule has 0 bridgehead atoms. The maximum Gasteiger partial charge on any atom is 0.112 e. The third-order valence-corrected chi connectivity index (χ3v) is 3.42. The van der Waals surface area contributed by atoms with Gasteiger partial charge in [0, 0.05) is 16.0 Å². The van der Waals surface area contributed by atoms with Crippen molar-refractivity contribution in [1.82, 2.24) is 15.0 Å². The van der Waals surface area contributed by atoms with Gasteiger partial charge in [-0.15, -0.1) is 5.10 Å². The van der Waals surface area contributed by atoms with Gasteiger partial charge in [0.15, 0.2) is 0 Å². The van der Waals surface area contributed by atoms with Crippen molar-refractivity contribution in [2.75, 3.05) is 0 Å². The van der Waals surface area contributed by atoms with Crippen LogP contribution in [0.15, 0.2) is 18.2 Å². The van der Waals surface area contributed by atoms with Crippen LogP contribution in [0.3, 0.4) is 0 Å². The smallest absolute Gasteiger partial charge is 0.112 e. The molecule has 1 aromatic heterocycles. The Balaban J connectivity index is 2.13. The molecule has 0 saturated heterocycles. The lowest BCUT2D eigenvalue weighted by Crippen LogP contribution is -2.02. The number of hydrogen-bond donors (Lipinski definition) is 1. The molecule has 1 fully saturated rings. The first-order valence-corrected chi connectivity index (χ1v) is 6.46. The molecule has 0 aliphatic heterocycles. The van der Waals surface area contributed by atoms with Gasteiger partial charge in [-0.2, -0.15) is 0 Å². The largest absolute Gasteiger partial charge is 0.390 e. The van der Waals surface area contributed by atoms with E-state index in [-0.39, 0.29) is 6.61 Å². The first kappa shape index (κ1) is 12.0. The summed E-state index contributed by atoms with van der Waals surface area (Å²) >= 11 is 12.0. The van der Waals surface area contributed by atoms with Gasteiger partial charge in [0.1, 0.15) is 5.69 Å². The van der Waals surface area contributed by atoms with Crippen LogP contribution in [0, 0.1) is 0 Å². The molecule has 1 aliphatic carbocycles. The van der Waals surface area contributed by atoms with Crippen LogP contribution in [-0.2, 0) is 6.61 Å². The third-order valence-electron chi connectivity index (χ3n) is 2.98. The average molecular weight is 284 g/mol. The number of halogens is 2. The lowest BCUT2D eigenvalue weighted by Gasteiger charge is -2.07. The van der Waals surface area contributed by atoms with Gasteiger partial charge in [0.05, 0.1) is 18.0 Å². The molecule has 0 spiro atoms. The molecule has 18 heavy (non-hydrogen) atoms. The molecule has 1 saturated carbocycles. The van der Waals surface area contributed by atoms with Crippen LogP contribution in [0.5, 0.6) is 0 Å². The minimum Gasteiger partial charge on any atom is -0.390 e. The van der Waals surface area contributed by atoms with Gasteiger partial charge in [-0.25, -0.2) is 4.68 Å². The highest BCUT2D eigenvalue weighted by atomic mass is 35.5. The summed E-state index contributed by atoms with van der Waals surface area (Å²) in [6, 6.07) is 5.25. The van der Waals surface area contributed by atoms with Crippen LogP contribution in [0.4, 0.5) is 0 Å². The van der Waals surface area contributed by atoms with Crippen LogP contribution in [0.1, 0.15) is 30.1 Å². The van der Waals surface area contributed by atoms with Crippen LogP contribution in [0.2, 0.25) is 10.0 Å². The molecule has 1 N–H and O–H groups in total. The Morgan fingerprint density at radius 1 is 1.22 bits per heavy atom. The van der Waals surface area contributed by atoms with Crippen molar-refractivity contribution in [3.05, 3.63) is 39.6 Å². The van der Waals surface area contributed by atoms with Gasteiger partial charge < -0.3 is 5.11 Å². The fourth-order valence-electron chi connectivity index (χ4n) is 2.05. The molecule has 1 aliphatic rings. The molecule has 0 unspecified atom stereocenters. The van der Waals surface area contributed by atoms with Crippen LogP contribution < -0.4 is 0 Å². The molecule has 0 radical (unpaired) electrons. The van der Waals surface area contributed by atoms with Crippen molar-refractivity contribution in [3.63, 3.8) is 0 Å². The number of benzene rings is 1. The van der Waals surface area contributed by atoms with Gasteiger partial charge in [-0.3, -0.25) is 0 Å². The summed E-state index contributed by atoms with van der Waals surface area (Å²) in [6.45, 7) is -0.0971. The maximum absolute atomic E-state index is 9.30. The number of nitrogens with zero attached hydrogens (tertiary/aromatic N) is 3. The maximum atomic E-state index is 9.30. The normalized spacial score (nSPS) is 15.1. The SMILES string of the molecule is OCc1nnn(-c2cc(Cl)cc(Cl)c2)c1C1CC1. The number of aromatic nitrogens is 3. The Morgan fingerprint density at radius 2 is 1.89 bits per heavy atom. The Labute approximate surface area is 114 Å². The highest BCUT2D eigenvalue weighted by molar-refractivity contribution is 6.34. The van der Waals surface area contributed by atoms with E-state index in [1.165, 1.54) is 0 Å². The monoisotopic (exact) mass is 283 g/mol. The zero-order chi connectivity index (χ0) is 12.7. The summed E-state index contributed by atoms with van der Waals surface area (Å²) in [4.78, 5) is 0. The molecule has 0 atom stereocenters. The van der Waals surface area contributed by atoms with Crippen molar-refractivity contribution in [1.29, 1.82) is 0 Å². The standard InChI is InChI=1S/C12H11Cl2N3O/c13-8-3-9(14)5-10(4-8)17-12(7-1-2-7)11(6-18)15-16-17/h3-5,7,18H,1-2,6H2. The molecule has 0 amide bonds. The van der Waals surface area contributed by atoms with E-state index in [9.17, 15) is 5.11 Å².